The van der Waals surface area contributed by atoms with E-state index in [-0.39, 0.29) is 11.3 Å². The normalized spacial score (nSPS) is 23.7. The Bertz CT molecular complexity index is 796. The monoisotopic (exact) mass is 368 g/mol. The summed E-state index contributed by atoms with van der Waals surface area (Å²) >= 11 is 0. The fraction of sp³-hybridized carbons (Fsp3) is 0.524. The number of phenols is 1. The first-order valence-corrected chi connectivity index (χ1v) is 9.67. The molecule has 27 heavy (non-hydrogen) atoms. The van der Waals surface area contributed by atoms with Crippen molar-refractivity contribution in [3.63, 3.8) is 0 Å². The smallest absolute Gasteiger partial charge is 0.151 e. The van der Waals surface area contributed by atoms with Crippen molar-refractivity contribution in [1.82, 2.24) is 15.1 Å². The summed E-state index contributed by atoms with van der Waals surface area (Å²) in [6.07, 6.45) is 2.27. The van der Waals surface area contributed by atoms with Crippen molar-refractivity contribution in [1.29, 1.82) is 0 Å². The van der Waals surface area contributed by atoms with E-state index in [1.165, 1.54) is 0 Å². The number of benzene rings is 1. The molecule has 2 aliphatic rings. The summed E-state index contributed by atoms with van der Waals surface area (Å²) in [5.41, 5.74) is 3.48. The molecule has 1 aromatic carbocycles. The van der Waals surface area contributed by atoms with Gasteiger partial charge in [-0.05, 0) is 69.6 Å². The van der Waals surface area contributed by atoms with Gasteiger partial charge in [-0.1, -0.05) is 6.07 Å². The number of hydrogen-bond donors (Lipinski definition) is 1. The average Bonchev–Trinajstić information content (AvgIpc) is 2.62. The minimum atomic E-state index is -0.0244. The highest BCUT2D eigenvalue weighted by Crippen LogP contribution is 2.35. The minimum Gasteiger partial charge on any atom is -0.507 e. The Morgan fingerprint density at radius 2 is 2.00 bits per heavy atom. The number of piperidine rings is 1. The maximum absolute atomic E-state index is 10.4. The number of morpholine rings is 1. The molecule has 1 unspecified atom stereocenters. The zero-order chi connectivity index (χ0) is 19.0. The second-order valence-corrected chi connectivity index (χ2v) is 8.02. The van der Waals surface area contributed by atoms with Crippen LogP contribution in [0.4, 0.5) is 5.82 Å². The van der Waals surface area contributed by atoms with E-state index in [4.69, 9.17) is 4.74 Å². The largest absolute Gasteiger partial charge is 0.507 e. The molecule has 3 heterocycles. The number of aromatic nitrogens is 2. The molecule has 6 heteroatoms. The molecule has 2 aliphatic heterocycles. The molecule has 2 saturated heterocycles. The van der Waals surface area contributed by atoms with Gasteiger partial charge in [0.2, 0.25) is 0 Å². The SMILES string of the molecule is Cc1cc(C)c(-c2ccc(N3CCOCC34CCCN(C)C4)nn2)c(O)c1. The average molecular weight is 368 g/mol. The Hall–Kier alpha value is -2.18. The van der Waals surface area contributed by atoms with Crippen LogP contribution in [0.3, 0.4) is 0 Å². The molecule has 1 aromatic heterocycles. The highest BCUT2D eigenvalue weighted by atomic mass is 16.5. The molecule has 0 radical (unpaired) electrons. The Morgan fingerprint density at radius 3 is 2.70 bits per heavy atom. The molecule has 1 N–H and O–H groups in total. The van der Waals surface area contributed by atoms with E-state index in [2.05, 4.69) is 33.1 Å². The van der Waals surface area contributed by atoms with Crippen LogP contribution in [0, 0.1) is 13.8 Å². The lowest BCUT2D eigenvalue weighted by Crippen LogP contribution is -2.64. The van der Waals surface area contributed by atoms with E-state index in [0.717, 1.165) is 61.6 Å². The zero-order valence-electron chi connectivity index (χ0n) is 16.4. The number of hydrogen-bond acceptors (Lipinski definition) is 6. The topological polar surface area (TPSA) is 61.7 Å². The van der Waals surface area contributed by atoms with Crippen molar-refractivity contribution in [2.24, 2.45) is 0 Å². The molecule has 0 aliphatic carbocycles. The van der Waals surface area contributed by atoms with E-state index in [0.29, 0.717) is 12.3 Å². The minimum absolute atomic E-state index is 0.0244. The summed E-state index contributed by atoms with van der Waals surface area (Å²) < 4.78 is 5.85. The summed E-state index contributed by atoms with van der Waals surface area (Å²) in [5, 5.41) is 19.4. The summed E-state index contributed by atoms with van der Waals surface area (Å²) in [5.74, 6) is 1.15. The first-order chi connectivity index (χ1) is 13.0. The molecule has 144 valence electrons. The predicted octanol–water partition coefficient (Wildman–Crippen LogP) is 2.77. The van der Waals surface area contributed by atoms with Crippen LogP contribution in [0.2, 0.25) is 0 Å². The Labute approximate surface area is 160 Å². The quantitative estimate of drug-likeness (QED) is 0.880. The van der Waals surface area contributed by atoms with Gasteiger partial charge >= 0.3 is 0 Å². The van der Waals surface area contributed by atoms with Crippen LogP contribution in [0.25, 0.3) is 11.3 Å². The van der Waals surface area contributed by atoms with Gasteiger partial charge < -0.3 is 19.6 Å². The second kappa shape index (κ2) is 7.09. The number of likely N-dealkylation sites (tertiary alicyclic amines) is 1. The van der Waals surface area contributed by atoms with E-state index < -0.39 is 0 Å². The molecule has 1 spiro atoms. The molecule has 0 saturated carbocycles. The first kappa shape index (κ1) is 18.2. The Balaban J connectivity index is 1.65. The number of rotatable bonds is 2. The van der Waals surface area contributed by atoms with Crippen LogP contribution in [0.1, 0.15) is 24.0 Å². The summed E-state index contributed by atoms with van der Waals surface area (Å²) in [4.78, 5) is 4.76. The molecule has 0 amide bonds. The lowest BCUT2D eigenvalue weighted by Gasteiger charge is -2.51. The molecule has 6 nitrogen and oxygen atoms in total. The summed E-state index contributed by atoms with van der Waals surface area (Å²) in [7, 11) is 2.17. The molecule has 2 aromatic rings. The van der Waals surface area contributed by atoms with Gasteiger partial charge in [-0.15, -0.1) is 10.2 Å². The maximum atomic E-state index is 10.4. The van der Waals surface area contributed by atoms with Gasteiger partial charge in [0.1, 0.15) is 5.75 Å². The number of ether oxygens (including phenoxy) is 1. The van der Waals surface area contributed by atoms with E-state index in [1.807, 2.05) is 26.0 Å². The van der Waals surface area contributed by atoms with Crippen LogP contribution in [0.15, 0.2) is 24.3 Å². The highest BCUT2D eigenvalue weighted by Gasteiger charge is 2.43. The third-order valence-electron chi connectivity index (χ3n) is 5.79. The predicted molar refractivity (Wildman–Crippen MR) is 106 cm³/mol. The number of phenolic OH excluding ortho intramolecular Hbond substituents is 1. The third-order valence-corrected chi connectivity index (χ3v) is 5.79. The lowest BCUT2D eigenvalue weighted by atomic mass is 9.87. The van der Waals surface area contributed by atoms with Crippen molar-refractivity contribution in [3.8, 4) is 17.0 Å². The Kier molecular flexibility index (Phi) is 4.78. The standard InChI is InChI=1S/C21H28N4O2/c1-15-11-16(2)20(18(26)12-15)17-5-6-19(23-22-17)25-9-10-27-14-21(25)7-4-8-24(3)13-21/h5-6,11-12,26H,4,7-10,13-14H2,1-3H3. The molecule has 0 bridgehead atoms. The summed E-state index contributed by atoms with van der Waals surface area (Å²) in [6.45, 7) is 8.36. The first-order valence-electron chi connectivity index (χ1n) is 9.67. The van der Waals surface area contributed by atoms with Gasteiger partial charge in [0.15, 0.2) is 5.82 Å². The number of aromatic hydroxyl groups is 1. The van der Waals surface area contributed by atoms with Crippen LogP contribution in [-0.2, 0) is 4.74 Å². The maximum Gasteiger partial charge on any atom is 0.151 e. The molecule has 4 rings (SSSR count). The lowest BCUT2D eigenvalue weighted by molar-refractivity contribution is 0.0151. The summed E-state index contributed by atoms with van der Waals surface area (Å²) in [6, 6.07) is 7.82. The molecule has 2 fully saturated rings. The Morgan fingerprint density at radius 1 is 1.15 bits per heavy atom. The van der Waals surface area contributed by atoms with Gasteiger partial charge in [0.25, 0.3) is 0 Å². The van der Waals surface area contributed by atoms with Gasteiger partial charge in [-0.25, -0.2) is 0 Å². The third kappa shape index (κ3) is 3.39. The van der Waals surface area contributed by atoms with Gasteiger partial charge in [-0.3, -0.25) is 0 Å². The van der Waals surface area contributed by atoms with E-state index in [1.54, 1.807) is 6.07 Å². The highest BCUT2D eigenvalue weighted by molar-refractivity contribution is 5.71. The van der Waals surface area contributed by atoms with Crippen LogP contribution in [-0.4, -0.2) is 65.6 Å². The van der Waals surface area contributed by atoms with Gasteiger partial charge in [0, 0.05) is 18.7 Å². The number of nitrogens with zero attached hydrogens (tertiary/aromatic N) is 4. The zero-order valence-corrected chi connectivity index (χ0v) is 16.4. The van der Waals surface area contributed by atoms with Gasteiger partial charge in [0.05, 0.1) is 24.4 Å². The van der Waals surface area contributed by atoms with Crippen molar-refractivity contribution in [3.05, 3.63) is 35.4 Å². The molecular formula is C21H28N4O2. The molecular weight excluding hydrogens is 340 g/mol. The van der Waals surface area contributed by atoms with Crippen molar-refractivity contribution in [2.45, 2.75) is 32.2 Å². The fourth-order valence-electron chi connectivity index (χ4n) is 4.65. The van der Waals surface area contributed by atoms with Crippen LogP contribution in [0.5, 0.6) is 5.75 Å². The fourth-order valence-corrected chi connectivity index (χ4v) is 4.65. The van der Waals surface area contributed by atoms with Gasteiger partial charge in [-0.2, -0.15) is 0 Å². The van der Waals surface area contributed by atoms with Crippen LogP contribution >= 0.6 is 0 Å². The second-order valence-electron chi connectivity index (χ2n) is 8.02. The van der Waals surface area contributed by atoms with Crippen molar-refractivity contribution < 1.29 is 9.84 Å². The van der Waals surface area contributed by atoms with Crippen LogP contribution < -0.4 is 4.90 Å². The number of aryl methyl sites for hydroxylation is 2. The number of anilines is 1. The van der Waals surface area contributed by atoms with Crippen molar-refractivity contribution in [2.75, 3.05) is 44.8 Å². The van der Waals surface area contributed by atoms with Crippen molar-refractivity contribution >= 4 is 5.82 Å². The number of likely N-dealkylation sites (N-methyl/N-ethyl adjacent to an activating group) is 1. The van der Waals surface area contributed by atoms with E-state index in [9.17, 15) is 5.11 Å². The molecule has 1 atom stereocenters. The van der Waals surface area contributed by atoms with E-state index >= 15 is 0 Å².